The highest BCUT2D eigenvalue weighted by atomic mass is 16.5. The van der Waals surface area contributed by atoms with Crippen molar-refractivity contribution in [3.8, 4) is 5.69 Å². The normalized spacial score (nSPS) is 11.7. The van der Waals surface area contributed by atoms with Crippen molar-refractivity contribution < 1.29 is 4.74 Å². The number of methoxy groups -OCH3 is 1. The zero-order valence-corrected chi connectivity index (χ0v) is 17.8. The molecule has 156 valence electrons. The number of aryl methyl sites for hydroxylation is 2. The molecular weight excluding hydrogens is 390 g/mol. The molecule has 0 bridgehead atoms. The molecular formula is C24H23N5O2. The fraction of sp³-hybridized carbons (Fsp3) is 0.250. The Morgan fingerprint density at radius 2 is 1.71 bits per heavy atom. The molecule has 0 aliphatic rings. The Bertz CT molecular complexity index is 1500. The minimum atomic E-state index is -0.0976. The molecule has 3 aromatic heterocycles. The summed E-state index contributed by atoms with van der Waals surface area (Å²) in [5.74, 6) is 0.662. The first-order chi connectivity index (χ1) is 15.1. The first-order valence-electron chi connectivity index (χ1n) is 10.3. The van der Waals surface area contributed by atoms with Crippen molar-refractivity contribution in [1.82, 2.24) is 24.1 Å². The van der Waals surface area contributed by atoms with Gasteiger partial charge >= 0.3 is 0 Å². The number of ether oxygens (including phenoxy) is 1. The molecule has 2 aromatic carbocycles. The summed E-state index contributed by atoms with van der Waals surface area (Å²) in [4.78, 5) is 28.2. The third kappa shape index (κ3) is 3.18. The van der Waals surface area contributed by atoms with Crippen molar-refractivity contribution >= 4 is 33.2 Å². The highest BCUT2D eigenvalue weighted by molar-refractivity contribution is 6.05. The van der Waals surface area contributed by atoms with Crippen LogP contribution in [-0.2, 0) is 11.3 Å². The van der Waals surface area contributed by atoms with Crippen molar-refractivity contribution in [3.63, 3.8) is 0 Å². The fourth-order valence-corrected chi connectivity index (χ4v) is 4.07. The van der Waals surface area contributed by atoms with Gasteiger partial charge in [-0.3, -0.25) is 13.9 Å². The van der Waals surface area contributed by atoms with Crippen LogP contribution < -0.4 is 5.56 Å². The summed E-state index contributed by atoms with van der Waals surface area (Å²) in [6.45, 7) is 5.03. The van der Waals surface area contributed by atoms with Gasteiger partial charge in [-0.25, -0.2) is 15.0 Å². The van der Waals surface area contributed by atoms with Gasteiger partial charge in [0.15, 0.2) is 11.3 Å². The van der Waals surface area contributed by atoms with Crippen molar-refractivity contribution in [2.45, 2.75) is 26.8 Å². The Morgan fingerprint density at radius 3 is 2.45 bits per heavy atom. The van der Waals surface area contributed by atoms with Crippen LogP contribution in [0.15, 0.2) is 53.3 Å². The van der Waals surface area contributed by atoms with Crippen molar-refractivity contribution in [2.24, 2.45) is 0 Å². The summed E-state index contributed by atoms with van der Waals surface area (Å²) in [6.07, 6.45) is 0.732. The largest absolute Gasteiger partial charge is 0.385 e. The van der Waals surface area contributed by atoms with E-state index in [9.17, 15) is 4.79 Å². The van der Waals surface area contributed by atoms with Crippen LogP contribution in [0.25, 0.3) is 38.9 Å². The molecule has 0 N–H and O–H groups in total. The zero-order chi connectivity index (χ0) is 21.5. The molecule has 0 radical (unpaired) electrons. The van der Waals surface area contributed by atoms with Crippen LogP contribution in [-0.4, -0.2) is 37.8 Å². The summed E-state index contributed by atoms with van der Waals surface area (Å²) in [5.41, 5.74) is 5.26. The zero-order valence-electron chi connectivity index (χ0n) is 17.8. The van der Waals surface area contributed by atoms with Crippen molar-refractivity contribution in [2.75, 3.05) is 13.7 Å². The summed E-state index contributed by atoms with van der Waals surface area (Å²) in [5, 5.41) is 0.498. The topological polar surface area (TPSA) is 74.8 Å². The molecule has 5 aromatic rings. The van der Waals surface area contributed by atoms with Gasteiger partial charge in [-0.1, -0.05) is 24.3 Å². The average molecular weight is 413 g/mol. The molecule has 7 nitrogen and oxygen atoms in total. The molecule has 3 heterocycles. The van der Waals surface area contributed by atoms with Gasteiger partial charge in [0.25, 0.3) is 5.56 Å². The predicted molar refractivity (Wildman–Crippen MR) is 122 cm³/mol. The first kappa shape index (κ1) is 19.4. The Balaban J connectivity index is 1.91. The Morgan fingerprint density at radius 1 is 0.935 bits per heavy atom. The molecule has 0 spiro atoms. The van der Waals surface area contributed by atoms with Gasteiger partial charge in [-0.15, -0.1) is 0 Å². The molecule has 0 saturated carbocycles. The van der Waals surface area contributed by atoms with Gasteiger partial charge in [0.2, 0.25) is 0 Å². The standard InChI is InChI=1S/C24H23N5O2/c1-15-8-6-9-17(14-15)29-22-20(24(30)28(16(2)25-22)12-7-13-31-3)21-23(29)27-19-11-5-4-10-18(19)26-21/h4-6,8-11,14H,7,12-13H2,1-3H3. The highest BCUT2D eigenvalue weighted by Crippen LogP contribution is 2.29. The maximum absolute atomic E-state index is 13.6. The van der Waals surface area contributed by atoms with E-state index in [1.54, 1.807) is 11.7 Å². The Labute approximate surface area is 179 Å². The Hall–Kier alpha value is -3.58. The maximum Gasteiger partial charge on any atom is 0.265 e. The van der Waals surface area contributed by atoms with Crippen LogP contribution in [0, 0.1) is 13.8 Å². The number of hydrogen-bond donors (Lipinski definition) is 0. The van der Waals surface area contributed by atoms with E-state index in [1.807, 2.05) is 60.9 Å². The fourth-order valence-electron chi connectivity index (χ4n) is 4.07. The monoisotopic (exact) mass is 413 g/mol. The quantitative estimate of drug-likeness (QED) is 0.408. The van der Waals surface area contributed by atoms with Gasteiger partial charge in [0, 0.05) is 25.9 Å². The minimum Gasteiger partial charge on any atom is -0.385 e. The van der Waals surface area contributed by atoms with Crippen LogP contribution in [0.5, 0.6) is 0 Å². The lowest BCUT2D eigenvalue weighted by atomic mass is 10.2. The van der Waals surface area contributed by atoms with E-state index in [0.29, 0.717) is 41.2 Å². The maximum atomic E-state index is 13.6. The van der Waals surface area contributed by atoms with E-state index >= 15 is 0 Å². The van der Waals surface area contributed by atoms with Crippen LogP contribution in [0.3, 0.4) is 0 Å². The second-order valence-electron chi connectivity index (χ2n) is 7.72. The lowest BCUT2D eigenvalue weighted by Gasteiger charge is -2.11. The minimum absolute atomic E-state index is 0.0976. The number of aromatic nitrogens is 5. The third-order valence-corrected chi connectivity index (χ3v) is 5.54. The molecule has 0 aliphatic heterocycles. The third-order valence-electron chi connectivity index (χ3n) is 5.54. The number of nitrogens with zero attached hydrogens (tertiary/aromatic N) is 5. The van der Waals surface area contributed by atoms with Crippen LogP contribution in [0.4, 0.5) is 0 Å². The molecule has 0 saturated heterocycles. The van der Waals surface area contributed by atoms with E-state index in [1.165, 1.54) is 0 Å². The molecule has 7 heteroatoms. The molecule has 0 fully saturated rings. The van der Waals surface area contributed by atoms with Crippen molar-refractivity contribution in [3.05, 3.63) is 70.3 Å². The van der Waals surface area contributed by atoms with Crippen molar-refractivity contribution in [1.29, 1.82) is 0 Å². The summed E-state index contributed by atoms with van der Waals surface area (Å²) < 4.78 is 8.82. The van der Waals surface area contributed by atoms with E-state index in [4.69, 9.17) is 19.7 Å². The number of rotatable bonds is 5. The van der Waals surface area contributed by atoms with Gasteiger partial charge in [-0.05, 0) is 50.1 Å². The molecule has 0 aliphatic carbocycles. The summed E-state index contributed by atoms with van der Waals surface area (Å²) >= 11 is 0. The smallest absolute Gasteiger partial charge is 0.265 e. The molecule has 5 rings (SSSR count). The number of hydrogen-bond acceptors (Lipinski definition) is 5. The van der Waals surface area contributed by atoms with Gasteiger partial charge in [-0.2, -0.15) is 0 Å². The van der Waals surface area contributed by atoms with Crippen LogP contribution in [0.1, 0.15) is 17.8 Å². The summed E-state index contributed by atoms with van der Waals surface area (Å²) in [6, 6.07) is 15.8. The molecule has 0 atom stereocenters. The Kier molecular flexibility index (Phi) is 4.75. The van der Waals surface area contributed by atoms with E-state index in [0.717, 1.165) is 28.7 Å². The van der Waals surface area contributed by atoms with Gasteiger partial charge < -0.3 is 4.74 Å². The highest BCUT2D eigenvalue weighted by Gasteiger charge is 2.22. The lowest BCUT2D eigenvalue weighted by molar-refractivity contribution is 0.189. The number of fused-ring (bicyclic) bond motifs is 4. The van der Waals surface area contributed by atoms with Gasteiger partial charge in [0.05, 0.1) is 11.0 Å². The number of benzene rings is 2. The van der Waals surface area contributed by atoms with E-state index in [2.05, 4.69) is 6.07 Å². The van der Waals surface area contributed by atoms with E-state index < -0.39 is 0 Å². The number of para-hydroxylation sites is 2. The second kappa shape index (κ2) is 7.59. The van der Waals surface area contributed by atoms with Crippen LogP contribution >= 0.6 is 0 Å². The molecule has 31 heavy (non-hydrogen) atoms. The van der Waals surface area contributed by atoms with E-state index in [-0.39, 0.29) is 5.56 Å². The van der Waals surface area contributed by atoms with Crippen LogP contribution in [0.2, 0.25) is 0 Å². The van der Waals surface area contributed by atoms with Gasteiger partial charge in [0.1, 0.15) is 16.7 Å². The molecule has 0 amide bonds. The SMILES string of the molecule is COCCCn1c(C)nc2c(c1=O)c1nc3ccccc3nc1n2-c1cccc(C)c1. The second-order valence-corrected chi connectivity index (χ2v) is 7.72. The average Bonchev–Trinajstić information content (AvgIpc) is 3.07. The first-order valence-corrected chi connectivity index (χ1v) is 10.3. The predicted octanol–water partition coefficient (Wildman–Crippen LogP) is 3.94. The summed E-state index contributed by atoms with van der Waals surface area (Å²) in [7, 11) is 1.66. The molecule has 0 unspecified atom stereocenters. The lowest BCUT2D eigenvalue weighted by Crippen LogP contribution is -2.24.